The Hall–Kier alpha value is -2.93. The van der Waals surface area contributed by atoms with Crippen molar-refractivity contribution in [3.63, 3.8) is 0 Å². The second-order valence-corrected chi connectivity index (χ2v) is 5.72. The molecule has 24 heavy (non-hydrogen) atoms. The maximum absolute atomic E-state index is 11.2. The molecule has 2 aromatic heterocycles. The third-order valence-electron chi connectivity index (χ3n) is 4.11. The number of hydrogen-bond acceptors (Lipinski definition) is 4. The molecular weight excluding hydrogens is 308 g/mol. The maximum Gasteiger partial charge on any atom is 0.335 e. The van der Waals surface area contributed by atoms with Crippen molar-refractivity contribution in [1.82, 2.24) is 19.7 Å². The third kappa shape index (κ3) is 2.59. The highest BCUT2D eigenvalue weighted by Gasteiger charge is 2.25. The number of rotatable bonds is 4. The monoisotopic (exact) mass is 324 g/mol. The summed E-state index contributed by atoms with van der Waals surface area (Å²) < 4.78 is 7.13. The highest BCUT2D eigenvalue weighted by atomic mass is 16.5. The zero-order chi connectivity index (χ0) is 16.5. The topological polar surface area (TPSA) is 93.0 Å². The van der Waals surface area contributed by atoms with Gasteiger partial charge in [-0.2, -0.15) is 5.10 Å². The molecule has 0 aliphatic carbocycles. The normalized spacial score (nSPS) is 17.2. The molecule has 0 spiro atoms. The van der Waals surface area contributed by atoms with Crippen LogP contribution >= 0.6 is 0 Å². The minimum Gasteiger partial charge on any atom is -0.478 e. The van der Waals surface area contributed by atoms with Gasteiger partial charge >= 0.3 is 5.97 Å². The van der Waals surface area contributed by atoms with Crippen LogP contribution in [0.15, 0.2) is 42.7 Å². The van der Waals surface area contributed by atoms with Crippen molar-refractivity contribution in [3.05, 3.63) is 54.1 Å². The molecule has 1 saturated heterocycles. The first-order valence-electron chi connectivity index (χ1n) is 7.74. The van der Waals surface area contributed by atoms with E-state index < -0.39 is 5.97 Å². The summed E-state index contributed by atoms with van der Waals surface area (Å²) in [5.74, 6) is 0.612. The molecule has 0 unspecified atom stereocenters. The number of carboxylic acids is 1. The molecule has 3 heterocycles. The van der Waals surface area contributed by atoms with E-state index in [4.69, 9.17) is 9.72 Å². The van der Waals surface area contributed by atoms with E-state index in [2.05, 4.69) is 10.1 Å². The highest BCUT2D eigenvalue weighted by molar-refractivity contribution is 5.88. The lowest BCUT2D eigenvalue weighted by molar-refractivity contribution is 0.0697. The molecule has 4 rings (SSSR count). The van der Waals surface area contributed by atoms with E-state index in [-0.39, 0.29) is 11.5 Å². The molecule has 3 aromatic rings. The molecule has 0 amide bonds. The lowest BCUT2D eigenvalue weighted by Gasteiger charge is -2.05. The SMILES string of the molecule is O=C(O)c1cccc(-n2nc([C@@H]3CCOC3)nc2-c2cc[nH]c2)c1. The Morgan fingerprint density at radius 3 is 3.00 bits per heavy atom. The predicted octanol–water partition coefficient (Wildman–Crippen LogP) is 2.46. The van der Waals surface area contributed by atoms with E-state index in [0.717, 1.165) is 17.8 Å². The van der Waals surface area contributed by atoms with E-state index in [1.807, 2.05) is 24.5 Å². The number of carbonyl (C=O) groups is 1. The first-order chi connectivity index (χ1) is 11.7. The molecule has 1 atom stereocenters. The van der Waals surface area contributed by atoms with E-state index in [1.165, 1.54) is 0 Å². The molecule has 1 aliphatic rings. The molecule has 7 heteroatoms. The number of carboxylic acid groups (broad SMARTS) is 1. The summed E-state index contributed by atoms with van der Waals surface area (Å²) in [6, 6.07) is 8.61. The predicted molar refractivity (Wildman–Crippen MR) is 86.3 cm³/mol. The number of H-pyrrole nitrogens is 1. The molecule has 1 aliphatic heterocycles. The minimum absolute atomic E-state index is 0.173. The van der Waals surface area contributed by atoms with Crippen LogP contribution in [0.5, 0.6) is 0 Å². The Labute approximate surface area is 137 Å². The highest BCUT2D eigenvalue weighted by Crippen LogP contribution is 2.27. The van der Waals surface area contributed by atoms with Gasteiger partial charge in [0.25, 0.3) is 0 Å². The zero-order valence-electron chi connectivity index (χ0n) is 12.8. The van der Waals surface area contributed by atoms with Gasteiger partial charge in [-0.05, 0) is 30.7 Å². The van der Waals surface area contributed by atoms with Gasteiger partial charge in [-0.15, -0.1) is 0 Å². The fraction of sp³-hybridized carbons (Fsp3) is 0.235. The number of ether oxygens (including phenoxy) is 1. The lowest BCUT2D eigenvalue weighted by atomic mass is 10.1. The first kappa shape index (κ1) is 14.6. The van der Waals surface area contributed by atoms with Gasteiger partial charge in [-0.25, -0.2) is 14.5 Å². The number of aromatic amines is 1. The van der Waals surface area contributed by atoms with Gasteiger partial charge in [0, 0.05) is 30.5 Å². The molecular formula is C17H16N4O3. The van der Waals surface area contributed by atoms with Crippen molar-refractivity contribution >= 4 is 5.97 Å². The average molecular weight is 324 g/mol. The Morgan fingerprint density at radius 1 is 1.38 bits per heavy atom. The second-order valence-electron chi connectivity index (χ2n) is 5.72. The third-order valence-corrected chi connectivity index (χ3v) is 4.11. The van der Waals surface area contributed by atoms with Crippen LogP contribution in [0, 0.1) is 0 Å². The van der Waals surface area contributed by atoms with E-state index in [0.29, 0.717) is 24.7 Å². The molecule has 122 valence electrons. The van der Waals surface area contributed by atoms with E-state index in [1.54, 1.807) is 22.9 Å². The van der Waals surface area contributed by atoms with Crippen LogP contribution < -0.4 is 0 Å². The van der Waals surface area contributed by atoms with Crippen LogP contribution in [0.1, 0.15) is 28.5 Å². The summed E-state index contributed by atoms with van der Waals surface area (Å²) in [6.45, 7) is 1.33. The fourth-order valence-electron chi connectivity index (χ4n) is 2.84. The summed E-state index contributed by atoms with van der Waals surface area (Å²) in [6.07, 6.45) is 4.56. The van der Waals surface area contributed by atoms with Gasteiger partial charge < -0.3 is 14.8 Å². The lowest BCUT2D eigenvalue weighted by Crippen LogP contribution is -2.04. The Kier molecular flexibility index (Phi) is 3.62. The van der Waals surface area contributed by atoms with Crippen LogP contribution in [0.2, 0.25) is 0 Å². The minimum atomic E-state index is -0.968. The van der Waals surface area contributed by atoms with Crippen molar-refractivity contribution in [3.8, 4) is 17.1 Å². The largest absolute Gasteiger partial charge is 0.478 e. The van der Waals surface area contributed by atoms with Crippen LogP contribution in [-0.4, -0.2) is 44.0 Å². The van der Waals surface area contributed by atoms with Gasteiger partial charge in [-0.3, -0.25) is 0 Å². The van der Waals surface area contributed by atoms with Crippen LogP contribution in [0.3, 0.4) is 0 Å². The molecule has 7 nitrogen and oxygen atoms in total. The number of nitrogens with one attached hydrogen (secondary N) is 1. The molecule has 2 N–H and O–H groups in total. The summed E-state index contributed by atoms with van der Waals surface area (Å²) in [5, 5.41) is 13.9. The average Bonchev–Trinajstić information content (AvgIpc) is 3.33. The summed E-state index contributed by atoms with van der Waals surface area (Å²) in [4.78, 5) is 19.0. The van der Waals surface area contributed by atoms with Crippen LogP contribution in [-0.2, 0) is 4.74 Å². The molecule has 1 fully saturated rings. The molecule has 0 radical (unpaired) electrons. The first-order valence-corrected chi connectivity index (χ1v) is 7.74. The summed E-state index contributed by atoms with van der Waals surface area (Å²) in [7, 11) is 0. The molecule has 0 saturated carbocycles. The van der Waals surface area contributed by atoms with Crippen molar-refractivity contribution in [2.75, 3.05) is 13.2 Å². The van der Waals surface area contributed by atoms with Crippen LogP contribution in [0.25, 0.3) is 17.1 Å². The number of nitrogens with zero attached hydrogens (tertiary/aromatic N) is 3. The number of aromatic nitrogens is 4. The van der Waals surface area contributed by atoms with Gasteiger partial charge in [0.05, 0.1) is 17.9 Å². The van der Waals surface area contributed by atoms with Gasteiger partial charge in [0.1, 0.15) is 0 Å². The smallest absolute Gasteiger partial charge is 0.335 e. The summed E-state index contributed by atoms with van der Waals surface area (Å²) in [5.41, 5.74) is 1.78. The van der Waals surface area contributed by atoms with Crippen molar-refractivity contribution in [2.24, 2.45) is 0 Å². The second kappa shape index (κ2) is 5.93. The quantitative estimate of drug-likeness (QED) is 0.769. The van der Waals surface area contributed by atoms with Crippen LogP contribution in [0.4, 0.5) is 0 Å². The maximum atomic E-state index is 11.2. The number of hydrogen-bond donors (Lipinski definition) is 2. The van der Waals surface area contributed by atoms with Gasteiger partial charge in [0.15, 0.2) is 11.6 Å². The molecule has 0 bridgehead atoms. The zero-order valence-corrected chi connectivity index (χ0v) is 12.8. The van der Waals surface area contributed by atoms with Crippen molar-refractivity contribution < 1.29 is 14.6 Å². The Balaban J connectivity index is 1.83. The molecule has 1 aromatic carbocycles. The Morgan fingerprint density at radius 2 is 2.29 bits per heavy atom. The number of benzene rings is 1. The fourth-order valence-corrected chi connectivity index (χ4v) is 2.84. The van der Waals surface area contributed by atoms with Gasteiger partial charge in [-0.1, -0.05) is 6.07 Å². The van der Waals surface area contributed by atoms with Crippen molar-refractivity contribution in [2.45, 2.75) is 12.3 Å². The van der Waals surface area contributed by atoms with Crippen molar-refractivity contribution in [1.29, 1.82) is 0 Å². The van der Waals surface area contributed by atoms with Gasteiger partial charge in [0.2, 0.25) is 0 Å². The Bertz CT molecular complexity index is 864. The van der Waals surface area contributed by atoms with E-state index in [9.17, 15) is 9.90 Å². The number of aromatic carboxylic acids is 1. The standard InChI is InChI=1S/C17H16N4O3/c22-17(23)11-2-1-3-14(8-11)21-16(12-4-6-18-9-12)19-15(20-21)13-5-7-24-10-13/h1-4,6,8-9,13,18H,5,7,10H2,(H,22,23)/t13-/m1/s1. The summed E-state index contributed by atoms with van der Waals surface area (Å²) >= 11 is 0. The van der Waals surface area contributed by atoms with E-state index >= 15 is 0 Å².